The first-order valence-electron chi connectivity index (χ1n) is 5.01. The van der Waals surface area contributed by atoms with E-state index in [1.54, 1.807) is 27.7 Å². The van der Waals surface area contributed by atoms with Gasteiger partial charge in [-0.25, -0.2) is 0 Å². The molecule has 0 aliphatic heterocycles. The smallest absolute Gasteiger partial charge is 0.0504 e. The molecule has 0 saturated carbocycles. The molecule has 0 aromatic rings. The van der Waals surface area contributed by atoms with Gasteiger partial charge in [0, 0.05) is 26.3 Å². The minimum absolute atomic E-state index is 0.0451. The van der Waals surface area contributed by atoms with Crippen molar-refractivity contribution in [3.63, 3.8) is 0 Å². The zero-order chi connectivity index (χ0) is 13.8. The molecule has 0 saturated heterocycles. The second-order valence-electron chi connectivity index (χ2n) is 4.96. The summed E-state index contributed by atoms with van der Waals surface area (Å²) < 4.78 is 0. The maximum atomic E-state index is 8.43. The minimum Gasteiger partial charge on any atom is -0.396 e. The average molecular weight is 230 g/mol. The molecule has 0 aliphatic rings. The molecule has 94 valence electrons. The van der Waals surface area contributed by atoms with Gasteiger partial charge in [-0.3, -0.25) is 0 Å². The number of aliphatic hydroxyl groups is 4. The van der Waals surface area contributed by atoms with Crippen LogP contribution in [-0.2, 0) is 0 Å². The van der Waals surface area contributed by atoms with Crippen LogP contribution < -0.4 is 0 Å². The van der Waals surface area contributed by atoms with Gasteiger partial charge in [0.15, 0.2) is 0 Å². The molecule has 4 nitrogen and oxygen atoms in total. The third-order valence-corrected chi connectivity index (χ3v) is 1.71. The van der Waals surface area contributed by atoms with Gasteiger partial charge in [-0.05, 0) is 0 Å². The van der Waals surface area contributed by atoms with Gasteiger partial charge in [0.05, 0.1) is 26.4 Å². The van der Waals surface area contributed by atoms with E-state index in [0.29, 0.717) is 0 Å². The van der Waals surface area contributed by atoms with E-state index in [1.807, 2.05) is 0 Å². The fourth-order valence-electron chi connectivity index (χ4n) is 0.1000. The van der Waals surface area contributed by atoms with Crippen LogP contribution in [0.15, 0.2) is 0 Å². The molecule has 4 radical (unpaired) electrons. The molecule has 0 unspecified atom stereocenters. The molecule has 0 fully saturated rings. The highest BCUT2D eigenvalue weighted by Crippen LogP contribution is 2.10. The van der Waals surface area contributed by atoms with Gasteiger partial charge in [-0.15, -0.1) is 0 Å². The first-order valence-corrected chi connectivity index (χ1v) is 5.01. The Morgan fingerprint density at radius 3 is 0.750 bits per heavy atom. The SMILES string of the molecule is CC(C)(CO)CO.CC(C)(CO)CO.[B][B]. The van der Waals surface area contributed by atoms with Crippen LogP contribution in [0.5, 0.6) is 0 Å². The molecule has 4 N–H and O–H groups in total. The van der Waals surface area contributed by atoms with E-state index in [9.17, 15) is 0 Å². The first-order chi connectivity index (χ1) is 7.24. The summed E-state index contributed by atoms with van der Waals surface area (Å²) in [7, 11) is 8.00. The Morgan fingerprint density at radius 1 is 0.625 bits per heavy atom. The third-order valence-electron chi connectivity index (χ3n) is 1.71. The summed E-state index contributed by atoms with van der Waals surface area (Å²) in [6.45, 7) is 7.38. The van der Waals surface area contributed by atoms with Crippen molar-refractivity contribution in [2.24, 2.45) is 10.8 Å². The molecule has 0 rings (SSSR count). The van der Waals surface area contributed by atoms with Gasteiger partial charge >= 0.3 is 0 Å². The fourth-order valence-corrected chi connectivity index (χ4v) is 0.1000. The maximum Gasteiger partial charge on any atom is 0.0504 e. The Bertz CT molecular complexity index is 113. The second-order valence-corrected chi connectivity index (χ2v) is 4.96. The van der Waals surface area contributed by atoms with Crippen molar-refractivity contribution in [1.29, 1.82) is 0 Å². The highest BCUT2D eigenvalue weighted by Gasteiger charge is 2.13. The van der Waals surface area contributed by atoms with Crippen molar-refractivity contribution in [1.82, 2.24) is 0 Å². The molecule has 6 heteroatoms. The van der Waals surface area contributed by atoms with E-state index < -0.39 is 0 Å². The van der Waals surface area contributed by atoms with Crippen molar-refractivity contribution in [3.05, 3.63) is 0 Å². The predicted octanol–water partition coefficient (Wildman–Crippen LogP) is -0.767. The zero-order valence-corrected chi connectivity index (χ0v) is 10.8. The van der Waals surface area contributed by atoms with Gasteiger partial charge < -0.3 is 20.4 Å². The van der Waals surface area contributed by atoms with Crippen LogP contribution in [0.1, 0.15) is 27.7 Å². The fraction of sp³-hybridized carbons (Fsp3) is 1.00. The van der Waals surface area contributed by atoms with Gasteiger partial charge in [0.2, 0.25) is 0 Å². The molecule has 0 spiro atoms. The Balaban J connectivity index is -0.000000183. The topological polar surface area (TPSA) is 80.9 Å². The summed E-state index contributed by atoms with van der Waals surface area (Å²) in [5.74, 6) is 0. The van der Waals surface area contributed by atoms with Gasteiger partial charge in [0.1, 0.15) is 0 Å². The molecule has 16 heavy (non-hydrogen) atoms. The van der Waals surface area contributed by atoms with Crippen molar-refractivity contribution in [2.45, 2.75) is 27.7 Å². The lowest BCUT2D eigenvalue weighted by Crippen LogP contribution is -2.20. The van der Waals surface area contributed by atoms with Gasteiger partial charge in [0.25, 0.3) is 0 Å². The Hall–Kier alpha value is -0.0301. The van der Waals surface area contributed by atoms with E-state index in [0.717, 1.165) is 0 Å². The highest BCUT2D eigenvalue weighted by molar-refractivity contribution is 6.75. The van der Waals surface area contributed by atoms with E-state index in [-0.39, 0.29) is 37.3 Å². The van der Waals surface area contributed by atoms with Crippen molar-refractivity contribution >= 4 is 15.5 Å². The van der Waals surface area contributed by atoms with E-state index >= 15 is 0 Å². The number of hydrogen-bond donors (Lipinski definition) is 4. The summed E-state index contributed by atoms with van der Waals surface area (Å²) in [4.78, 5) is 0. The molecule has 0 heterocycles. The van der Waals surface area contributed by atoms with Gasteiger partial charge in [-0.1, -0.05) is 27.7 Å². The van der Waals surface area contributed by atoms with Crippen LogP contribution in [-0.4, -0.2) is 62.3 Å². The normalized spacial score (nSPS) is 10.8. The predicted molar refractivity (Wildman–Crippen MR) is 67.4 cm³/mol. The molecule has 0 bridgehead atoms. The highest BCUT2D eigenvalue weighted by atomic mass is 16.3. The lowest BCUT2D eigenvalue weighted by molar-refractivity contribution is 0.0855. The van der Waals surface area contributed by atoms with Crippen LogP contribution >= 0.6 is 0 Å². The Morgan fingerprint density at radius 2 is 0.750 bits per heavy atom. The number of aliphatic hydroxyl groups excluding tert-OH is 4. The molecule has 0 aromatic heterocycles. The minimum atomic E-state index is -0.306. The largest absolute Gasteiger partial charge is 0.396 e. The van der Waals surface area contributed by atoms with Gasteiger partial charge in [-0.2, -0.15) is 0 Å². The van der Waals surface area contributed by atoms with Crippen LogP contribution in [0, 0.1) is 10.8 Å². The number of hydrogen-bond acceptors (Lipinski definition) is 4. The molecular weight excluding hydrogens is 206 g/mol. The lowest BCUT2D eigenvalue weighted by atomic mass is 9.81. The van der Waals surface area contributed by atoms with Crippen molar-refractivity contribution < 1.29 is 20.4 Å². The second kappa shape index (κ2) is 11.5. The Labute approximate surface area is 101 Å². The molecule has 0 aliphatic carbocycles. The van der Waals surface area contributed by atoms with Crippen LogP contribution in [0.25, 0.3) is 0 Å². The van der Waals surface area contributed by atoms with Crippen LogP contribution in [0.4, 0.5) is 0 Å². The maximum absolute atomic E-state index is 8.43. The summed E-state index contributed by atoms with van der Waals surface area (Å²) in [5.41, 5.74) is -0.611. The number of rotatable bonds is 4. The molecular formula is C10H24B2O4. The van der Waals surface area contributed by atoms with Crippen LogP contribution in [0.3, 0.4) is 0 Å². The molecule has 0 aromatic carbocycles. The average Bonchev–Trinajstić information content (AvgIpc) is 2.32. The van der Waals surface area contributed by atoms with Crippen molar-refractivity contribution in [2.75, 3.05) is 26.4 Å². The summed E-state index contributed by atoms with van der Waals surface area (Å²) in [5, 5.41) is 33.7. The first kappa shape index (κ1) is 21.3. The Kier molecular flexibility index (Phi) is 15.2. The standard InChI is InChI=1S/2C5H12O2.B2/c2*1-5(2,3-6)4-7;1-2/h2*6-7H,3-4H2,1-2H3;. The summed E-state index contributed by atoms with van der Waals surface area (Å²) in [6, 6.07) is 0. The van der Waals surface area contributed by atoms with Crippen LogP contribution in [0.2, 0.25) is 0 Å². The van der Waals surface area contributed by atoms with E-state index in [4.69, 9.17) is 20.4 Å². The molecule has 0 atom stereocenters. The van der Waals surface area contributed by atoms with Crippen molar-refractivity contribution in [3.8, 4) is 0 Å². The third kappa shape index (κ3) is 16.4. The zero-order valence-electron chi connectivity index (χ0n) is 10.8. The summed E-state index contributed by atoms with van der Waals surface area (Å²) >= 11 is 0. The quantitative estimate of drug-likeness (QED) is 0.478. The van der Waals surface area contributed by atoms with E-state index in [1.165, 1.54) is 0 Å². The monoisotopic (exact) mass is 230 g/mol. The summed E-state index contributed by atoms with van der Waals surface area (Å²) in [6.07, 6.45) is 0. The molecule has 0 amide bonds. The van der Waals surface area contributed by atoms with E-state index in [2.05, 4.69) is 15.5 Å². The lowest BCUT2D eigenvalue weighted by Gasteiger charge is -2.16.